The summed E-state index contributed by atoms with van der Waals surface area (Å²) in [7, 11) is 2.27. The summed E-state index contributed by atoms with van der Waals surface area (Å²) >= 11 is 0. The molecule has 0 aromatic heterocycles. The molecule has 0 atom stereocenters. The van der Waals surface area contributed by atoms with Crippen LogP contribution in [0.25, 0.3) is 0 Å². The Morgan fingerprint density at radius 2 is 1.89 bits per heavy atom. The van der Waals surface area contributed by atoms with E-state index in [1.807, 2.05) is 0 Å². The molecule has 0 saturated heterocycles. The van der Waals surface area contributed by atoms with Gasteiger partial charge in [-0.1, -0.05) is 0 Å². The van der Waals surface area contributed by atoms with Crippen LogP contribution in [0.3, 0.4) is 0 Å². The van der Waals surface area contributed by atoms with Crippen LogP contribution in [0, 0.1) is 0 Å². The lowest BCUT2D eigenvalue weighted by molar-refractivity contribution is -0.138. The molecule has 0 bridgehead atoms. The van der Waals surface area contributed by atoms with Crippen LogP contribution in [-0.4, -0.2) is 26.5 Å². The van der Waals surface area contributed by atoms with Crippen molar-refractivity contribution in [3.05, 3.63) is 23.3 Å². The highest BCUT2D eigenvalue weighted by Crippen LogP contribution is 2.40. The highest BCUT2D eigenvalue weighted by Gasteiger charge is 2.37. The Hall–Kier alpha value is -1.76. The molecule has 1 rings (SSSR count). The molecule has 0 aliphatic rings. The summed E-state index contributed by atoms with van der Waals surface area (Å²) in [4.78, 5) is 11.5. The van der Waals surface area contributed by atoms with Crippen molar-refractivity contribution < 1.29 is 27.4 Å². The molecule has 0 aliphatic carbocycles. The normalized spacial score (nSPS) is 11.2. The number of alkyl halides is 3. The van der Waals surface area contributed by atoms with Crippen LogP contribution < -0.4 is 15.2 Å². The summed E-state index contributed by atoms with van der Waals surface area (Å²) in [6.45, 7) is -0.416. The number of Topliss-reactive ketones (excluding diaryl/α,β-unsaturated/α-hetero) is 1. The number of carbonyl (C=O) groups is 1. The molecule has 0 saturated carbocycles. The van der Waals surface area contributed by atoms with E-state index in [0.29, 0.717) is 0 Å². The van der Waals surface area contributed by atoms with E-state index in [2.05, 4.69) is 4.74 Å². The third kappa shape index (κ3) is 2.73. The van der Waals surface area contributed by atoms with Crippen LogP contribution in [-0.2, 0) is 6.18 Å². The van der Waals surface area contributed by atoms with Gasteiger partial charge in [-0.25, -0.2) is 0 Å². The number of ketones is 1. The second kappa shape index (κ2) is 5.26. The van der Waals surface area contributed by atoms with Crippen molar-refractivity contribution in [1.29, 1.82) is 0 Å². The second-order valence-corrected chi connectivity index (χ2v) is 3.38. The van der Waals surface area contributed by atoms with Crippen molar-refractivity contribution in [2.45, 2.75) is 6.18 Å². The maximum absolute atomic E-state index is 12.8. The van der Waals surface area contributed by atoms with E-state index in [0.717, 1.165) is 13.2 Å². The molecule has 0 aliphatic heterocycles. The Labute approximate surface area is 101 Å². The van der Waals surface area contributed by atoms with Crippen LogP contribution >= 0.6 is 0 Å². The summed E-state index contributed by atoms with van der Waals surface area (Å²) in [5.41, 5.74) is 3.84. The van der Waals surface area contributed by atoms with E-state index in [9.17, 15) is 18.0 Å². The molecule has 2 N–H and O–H groups in total. The molecule has 0 amide bonds. The van der Waals surface area contributed by atoms with Crippen molar-refractivity contribution in [2.24, 2.45) is 5.73 Å². The number of carbonyl (C=O) groups excluding carboxylic acids is 1. The van der Waals surface area contributed by atoms with Crippen molar-refractivity contribution in [2.75, 3.05) is 20.8 Å². The molecule has 1 aromatic rings. The topological polar surface area (TPSA) is 61.5 Å². The Kier molecular flexibility index (Phi) is 4.18. The lowest BCUT2D eigenvalue weighted by Crippen LogP contribution is -2.17. The van der Waals surface area contributed by atoms with Gasteiger partial charge in [-0.3, -0.25) is 4.79 Å². The van der Waals surface area contributed by atoms with Crippen LogP contribution in [0.2, 0.25) is 0 Å². The van der Waals surface area contributed by atoms with Gasteiger partial charge in [0.05, 0.1) is 26.3 Å². The van der Waals surface area contributed by atoms with Crippen molar-refractivity contribution in [3.8, 4) is 11.5 Å². The first-order valence-corrected chi connectivity index (χ1v) is 4.91. The van der Waals surface area contributed by atoms with Gasteiger partial charge in [-0.15, -0.1) is 0 Å². The maximum Gasteiger partial charge on any atom is 0.420 e. The zero-order valence-corrected chi connectivity index (χ0v) is 9.80. The average Bonchev–Trinajstić information content (AvgIpc) is 2.34. The van der Waals surface area contributed by atoms with Crippen LogP contribution in [0.4, 0.5) is 13.2 Å². The number of rotatable bonds is 4. The summed E-state index contributed by atoms with van der Waals surface area (Å²) in [5, 5.41) is 0. The molecule has 0 heterocycles. The summed E-state index contributed by atoms with van der Waals surface area (Å²) in [6.07, 6.45) is -4.65. The van der Waals surface area contributed by atoms with Gasteiger partial charge in [-0.05, 0) is 12.1 Å². The third-order valence-electron chi connectivity index (χ3n) is 2.29. The van der Waals surface area contributed by atoms with Gasteiger partial charge < -0.3 is 15.2 Å². The summed E-state index contributed by atoms with van der Waals surface area (Å²) in [5.74, 6) is -1.28. The van der Waals surface area contributed by atoms with Gasteiger partial charge >= 0.3 is 6.18 Å². The zero-order chi connectivity index (χ0) is 13.9. The number of hydrogen-bond donors (Lipinski definition) is 1. The molecule has 0 fully saturated rings. The smallest absolute Gasteiger partial charge is 0.420 e. The minimum atomic E-state index is -4.65. The number of halogens is 3. The van der Waals surface area contributed by atoms with Gasteiger partial charge in [0.2, 0.25) is 0 Å². The molecule has 7 heteroatoms. The van der Waals surface area contributed by atoms with Crippen molar-refractivity contribution in [3.63, 3.8) is 0 Å². The van der Waals surface area contributed by atoms with Gasteiger partial charge in [0.1, 0.15) is 17.1 Å². The minimum Gasteiger partial charge on any atom is -0.497 e. The molecular formula is C11H12F3NO3. The lowest BCUT2D eigenvalue weighted by Gasteiger charge is -2.16. The summed E-state index contributed by atoms with van der Waals surface area (Å²) < 4.78 is 47.9. The average molecular weight is 263 g/mol. The summed E-state index contributed by atoms with van der Waals surface area (Å²) in [6, 6.07) is 1.94. The van der Waals surface area contributed by atoms with Gasteiger partial charge in [0, 0.05) is 0 Å². The molecule has 0 unspecified atom stereocenters. The van der Waals surface area contributed by atoms with E-state index in [-0.39, 0.29) is 11.3 Å². The fourth-order valence-corrected chi connectivity index (χ4v) is 1.47. The monoisotopic (exact) mass is 263 g/mol. The molecule has 0 spiro atoms. The second-order valence-electron chi connectivity index (χ2n) is 3.38. The van der Waals surface area contributed by atoms with Gasteiger partial charge in [0.15, 0.2) is 5.78 Å². The first-order valence-electron chi connectivity index (χ1n) is 4.91. The fraction of sp³-hybridized carbons (Fsp3) is 0.364. The zero-order valence-electron chi connectivity index (χ0n) is 9.80. The number of methoxy groups -OCH3 is 2. The lowest BCUT2D eigenvalue weighted by atomic mass is 10.0. The van der Waals surface area contributed by atoms with Crippen LogP contribution in [0.5, 0.6) is 11.5 Å². The largest absolute Gasteiger partial charge is 0.497 e. The Balaban J connectivity index is 3.55. The molecule has 0 radical (unpaired) electrons. The van der Waals surface area contributed by atoms with E-state index < -0.39 is 29.8 Å². The van der Waals surface area contributed by atoms with Crippen molar-refractivity contribution in [1.82, 2.24) is 0 Å². The first-order chi connectivity index (χ1) is 8.35. The van der Waals surface area contributed by atoms with Gasteiger partial charge in [0.25, 0.3) is 0 Å². The quantitative estimate of drug-likeness (QED) is 0.842. The Morgan fingerprint density at radius 1 is 1.28 bits per heavy atom. The molecule has 4 nitrogen and oxygen atoms in total. The third-order valence-corrected chi connectivity index (χ3v) is 2.29. The van der Waals surface area contributed by atoms with Crippen LogP contribution in [0.15, 0.2) is 12.1 Å². The number of nitrogens with two attached hydrogens (primary N) is 1. The fourth-order valence-electron chi connectivity index (χ4n) is 1.47. The van der Waals surface area contributed by atoms with Crippen LogP contribution in [0.1, 0.15) is 15.9 Å². The molecule has 1 aromatic carbocycles. The van der Waals surface area contributed by atoms with E-state index in [1.165, 1.54) is 13.2 Å². The predicted molar refractivity (Wildman–Crippen MR) is 57.9 cm³/mol. The number of hydrogen-bond acceptors (Lipinski definition) is 4. The molecular weight excluding hydrogens is 251 g/mol. The highest BCUT2D eigenvalue weighted by atomic mass is 19.4. The van der Waals surface area contributed by atoms with E-state index in [1.54, 1.807) is 0 Å². The number of benzene rings is 1. The Bertz CT molecular complexity index is 458. The van der Waals surface area contributed by atoms with E-state index >= 15 is 0 Å². The predicted octanol–water partition coefficient (Wildman–Crippen LogP) is 1.86. The maximum atomic E-state index is 12.8. The highest BCUT2D eigenvalue weighted by molar-refractivity contribution is 6.00. The standard InChI is InChI=1S/C11H12F3NO3/c1-17-6-3-7(9(16)5-15)10(18-2)8(4-6)11(12,13)14/h3-4H,5,15H2,1-2H3. The van der Waals surface area contributed by atoms with Gasteiger partial charge in [-0.2, -0.15) is 13.2 Å². The number of ether oxygens (including phenoxy) is 2. The SMILES string of the molecule is COc1cc(C(=O)CN)c(OC)c(C(F)(F)F)c1. The first kappa shape index (κ1) is 14.3. The minimum absolute atomic E-state index is 0.0834. The molecule has 100 valence electrons. The van der Waals surface area contributed by atoms with E-state index in [4.69, 9.17) is 10.5 Å². The molecule has 18 heavy (non-hydrogen) atoms. The Morgan fingerprint density at radius 3 is 2.28 bits per heavy atom. The van der Waals surface area contributed by atoms with Crippen molar-refractivity contribution >= 4 is 5.78 Å².